The molecule has 1 heterocycles. The zero-order chi connectivity index (χ0) is 29.0. The highest BCUT2D eigenvalue weighted by atomic mass is 32.1. The first-order valence-electron chi connectivity index (χ1n) is 15.0. The quantitative estimate of drug-likeness (QED) is 0.188. The fourth-order valence-electron chi connectivity index (χ4n) is 6.70. The van der Waals surface area contributed by atoms with Gasteiger partial charge in [0.25, 0.3) is 0 Å². The minimum atomic E-state index is 1.14. The van der Waals surface area contributed by atoms with E-state index in [0.717, 1.165) is 17.1 Å². The molecule has 9 rings (SSSR count). The molecule has 0 atom stereocenters. The van der Waals surface area contributed by atoms with Crippen molar-refractivity contribution < 1.29 is 0 Å². The molecule has 0 spiro atoms. The molecule has 0 fully saturated rings. The van der Waals surface area contributed by atoms with Crippen LogP contribution in [0.1, 0.15) is 0 Å². The van der Waals surface area contributed by atoms with E-state index in [0.29, 0.717) is 0 Å². The number of hydrogen-bond donors (Lipinski definition) is 0. The zero-order valence-electron chi connectivity index (χ0n) is 23.9. The lowest BCUT2D eigenvalue weighted by molar-refractivity contribution is 1.29. The van der Waals surface area contributed by atoms with Crippen LogP contribution in [-0.2, 0) is 0 Å². The van der Waals surface area contributed by atoms with Crippen molar-refractivity contribution in [3.05, 3.63) is 164 Å². The summed E-state index contributed by atoms with van der Waals surface area (Å²) in [5.41, 5.74) is 5.87. The van der Waals surface area contributed by atoms with Crippen LogP contribution in [-0.4, -0.2) is 0 Å². The predicted octanol–water partition coefficient (Wildman–Crippen LogP) is 12.7. The third kappa shape index (κ3) is 4.07. The highest BCUT2D eigenvalue weighted by Gasteiger charge is 2.15. The molecule has 206 valence electrons. The van der Waals surface area contributed by atoms with Crippen LogP contribution in [0.2, 0.25) is 0 Å². The lowest BCUT2D eigenvalue weighted by Gasteiger charge is -2.26. The van der Waals surface area contributed by atoms with Gasteiger partial charge in [0.15, 0.2) is 0 Å². The maximum Gasteiger partial charge on any atom is 0.0468 e. The minimum absolute atomic E-state index is 1.14. The number of para-hydroxylation sites is 1. The number of nitrogens with zero attached hydrogens (tertiary/aromatic N) is 1. The maximum atomic E-state index is 2.35. The Balaban J connectivity index is 1.14. The van der Waals surface area contributed by atoms with Gasteiger partial charge in [-0.15, -0.1) is 11.3 Å². The largest absolute Gasteiger partial charge is 0.310 e. The first-order chi connectivity index (χ1) is 21.8. The number of benzene rings is 8. The van der Waals surface area contributed by atoms with Crippen molar-refractivity contribution in [1.29, 1.82) is 0 Å². The first-order valence-corrected chi connectivity index (χ1v) is 15.8. The molecular weight excluding hydrogens is 551 g/mol. The van der Waals surface area contributed by atoms with Crippen molar-refractivity contribution in [2.45, 2.75) is 0 Å². The van der Waals surface area contributed by atoms with Gasteiger partial charge in [0.05, 0.1) is 0 Å². The van der Waals surface area contributed by atoms with Gasteiger partial charge in [-0.1, -0.05) is 109 Å². The third-order valence-corrected chi connectivity index (χ3v) is 9.97. The van der Waals surface area contributed by atoms with Crippen LogP contribution in [0.25, 0.3) is 63.6 Å². The molecule has 0 radical (unpaired) electrons. The van der Waals surface area contributed by atoms with E-state index < -0.39 is 0 Å². The highest BCUT2D eigenvalue weighted by Crippen LogP contribution is 2.41. The van der Waals surface area contributed by atoms with Gasteiger partial charge in [0, 0.05) is 37.2 Å². The molecule has 0 N–H and O–H groups in total. The summed E-state index contributed by atoms with van der Waals surface area (Å²) in [6, 6.07) is 59.7. The summed E-state index contributed by atoms with van der Waals surface area (Å²) < 4.78 is 2.64. The molecule has 0 saturated heterocycles. The van der Waals surface area contributed by atoms with Crippen LogP contribution in [0.5, 0.6) is 0 Å². The molecule has 1 nitrogen and oxygen atoms in total. The molecule has 0 bridgehead atoms. The first kappa shape index (κ1) is 25.1. The van der Waals surface area contributed by atoms with Crippen molar-refractivity contribution in [2.75, 3.05) is 4.90 Å². The second-order valence-corrected chi connectivity index (χ2v) is 12.5. The lowest BCUT2D eigenvalue weighted by Crippen LogP contribution is -2.09. The van der Waals surface area contributed by atoms with Gasteiger partial charge in [0.2, 0.25) is 0 Å². The standard InChI is InChI=1S/C42H27NS/c1-2-9-33(10-3-1)43(35-23-25-41-39(27-35)38-12-6-7-13-40(38)44-41)34-21-18-28(19-22-34)31-20-24-37-32(26-31)17-16-30-15-14-29-8-4-5-11-36(29)42(30)37/h1-27H. The average Bonchev–Trinajstić information content (AvgIpc) is 3.47. The summed E-state index contributed by atoms with van der Waals surface area (Å²) in [7, 11) is 0. The van der Waals surface area contributed by atoms with E-state index in [-0.39, 0.29) is 0 Å². The molecule has 0 saturated carbocycles. The molecule has 8 aromatic carbocycles. The van der Waals surface area contributed by atoms with E-state index >= 15 is 0 Å². The molecule has 0 aliphatic heterocycles. The van der Waals surface area contributed by atoms with Crippen molar-refractivity contribution >= 4 is 80.9 Å². The molecule has 0 amide bonds. The number of thiophene rings is 1. The molecule has 44 heavy (non-hydrogen) atoms. The number of fused-ring (bicyclic) bond motifs is 8. The molecular formula is C42H27NS. The molecule has 0 aliphatic carbocycles. The Morgan fingerprint density at radius 3 is 1.82 bits per heavy atom. The monoisotopic (exact) mass is 577 g/mol. The van der Waals surface area contributed by atoms with E-state index in [2.05, 4.69) is 169 Å². The highest BCUT2D eigenvalue weighted by molar-refractivity contribution is 7.25. The maximum absolute atomic E-state index is 2.35. The third-order valence-electron chi connectivity index (χ3n) is 8.82. The van der Waals surface area contributed by atoms with Crippen LogP contribution in [0.3, 0.4) is 0 Å². The average molecular weight is 578 g/mol. The van der Waals surface area contributed by atoms with E-state index in [1.807, 2.05) is 11.3 Å². The van der Waals surface area contributed by atoms with Crippen LogP contribution in [0.4, 0.5) is 17.1 Å². The van der Waals surface area contributed by atoms with Crippen molar-refractivity contribution in [3.63, 3.8) is 0 Å². The molecule has 1 aromatic heterocycles. The summed E-state index contributed by atoms with van der Waals surface area (Å²) >= 11 is 1.86. The molecule has 0 aliphatic rings. The Kier molecular flexibility index (Phi) is 5.75. The SMILES string of the molecule is c1ccc(N(c2ccc(-c3ccc4c(ccc5ccc6ccccc6c54)c3)cc2)c2ccc3sc4ccccc4c3c2)cc1. The number of hydrogen-bond acceptors (Lipinski definition) is 2. The molecule has 9 aromatic rings. The van der Waals surface area contributed by atoms with E-state index in [1.54, 1.807) is 0 Å². The topological polar surface area (TPSA) is 3.24 Å². The van der Waals surface area contributed by atoms with Gasteiger partial charge >= 0.3 is 0 Å². The van der Waals surface area contributed by atoms with Crippen LogP contribution in [0, 0.1) is 0 Å². The Hall–Kier alpha value is -5.44. The summed E-state index contributed by atoms with van der Waals surface area (Å²) in [6.45, 7) is 0. The van der Waals surface area contributed by atoms with Crippen molar-refractivity contribution in [1.82, 2.24) is 0 Å². The zero-order valence-corrected chi connectivity index (χ0v) is 24.8. The predicted molar refractivity (Wildman–Crippen MR) is 192 cm³/mol. The second-order valence-electron chi connectivity index (χ2n) is 11.4. The molecule has 2 heteroatoms. The number of anilines is 3. The van der Waals surface area contributed by atoms with E-state index in [1.165, 1.54) is 63.6 Å². The van der Waals surface area contributed by atoms with Gasteiger partial charge in [-0.25, -0.2) is 0 Å². The van der Waals surface area contributed by atoms with Crippen LogP contribution >= 0.6 is 11.3 Å². The van der Waals surface area contributed by atoms with E-state index in [4.69, 9.17) is 0 Å². The molecule has 0 unspecified atom stereocenters. The van der Waals surface area contributed by atoms with Gasteiger partial charge < -0.3 is 4.90 Å². The van der Waals surface area contributed by atoms with Gasteiger partial charge in [0.1, 0.15) is 0 Å². The fraction of sp³-hybridized carbons (Fsp3) is 0. The van der Waals surface area contributed by atoms with Crippen LogP contribution in [0.15, 0.2) is 164 Å². The lowest BCUT2D eigenvalue weighted by atomic mass is 9.94. The van der Waals surface area contributed by atoms with E-state index in [9.17, 15) is 0 Å². The van der Waals surface area contributed by atoms with Crippen molar-refractivity contribution in [3.8, 4) is 11.1 Å². The Morgan fingerprint density at radius 2 is 0.955 bits per heavy atom. The number of rotatable bonds is 4. The summed E-state index contributed by atoms with van der Waals surface area (Å²) in [5, 5.41) is 10.4. The van der Waals surface area contributed by atoms with Crippen molar-refractivity contribution in [2.24, 2.45) is 0 Å². The van der Waals surface area contributed by atoms with Crippen LogP contribution < -0.4 is 4.90 Å². The van der Waals surface area contributed by atoms with Gasteiger partial charge in [-0.2, -0.15) is 0 Å². The Morgan fingerprint density at radius 1 is 0.341 bits per heavy atom. The summed E-state index contributed by atoms with van der Waals surface area (Å²) in [6.07, 6.45) is 0. The minimum Gasteiger partial charge on any atom is -0.310 e. The Labute approximate surface area is 259 Å². The second kappa shape index (κ2) is 10.1. The fourth-order valence-corrected chi connectivity index (χ4v) is 7.78. The smallest absolute Gasteiger partial charge is 0.0468 e. The summed E-state index contributed by atoms with van der Waals surface area (Å²) in [4.78, 5) is 2.35. The van der Waals surface area contributed by atoms with Gasteiger partial charge in [-0.05, 0) is 98.0 Å². The Bertz CT molecular complexity index is 2490. The normalized spacial score (nSPS) is 11.6. The van der Waals surface area contributed by atoms with Gasteiger partial charge in [-0.3, -0.25) is 0 Å². The summed E-state index contributed by atoms with van der Waals surface area (Å²) in [5.74, 6) is 0.